The zero-order valence-corrected chi connectivity index (χ0v) is 25.6. The lowest BCUT2D eigenvalue weighted by Crippen LogP contribution is -2.49. The molecule has 242 valence electrons. The fourth-order valence-corrected chi connectivity index (χ4v) is 5.21. The zero-order valence-electron chi connectivity index (χ0n) is 25.6. The number of rotatable bonds is 8. The van der Waals surface area contributed by atoms with Gasteiger partial charge in [-0.2, -0.15) is 0 Å². The first-order valence-corrected chi connectivity index (χ1v) is 15.2. The average Bonchev–Trinajstić information content (AvgIpc) is 3.04. The van der Waals surface area contributed by atoms with E-state index in [1.807, 2.05) is 24.3 Å². The molecule has 0 unspecified atom stereocenters. The predicted octanol–water partition coefficient (Wildman–Crippen LogP) is 0.315. The fourth-order valence-electron chi connectivity index (χ4n) is 5.21. The van der Waals surface area contributed by atoms with E-state index in [-0.39, 0.29) is 50.9 Å². The minimum absolute atomic E-state index is 0.0270. The quantitative estimate of drug-likeness (QED) is 0.326. The van der Waals surface area contributed by atoms with E-state index < -0.39 is 41.6 Å². The molecule has 0 bridgehead atoms. The standard InChI is InChI=1S/C32H42N6O7/c1-37-13-18-45-27-8-3-2-7-24(27)30(41)36-25(10-12-29(40)35-26(32(37)43)9-11-28(33)39)31(42)34-20-22-5-4-6-23(19-22)21-38-14-16-44-17-15-38/h2-8,19,25-26H,9-18,20-21H2,1H3,(H2,33,39)(H,34,42)(H,35,40)(H,36,41)/t25-,26-/m0/s1. The number of nitrogens with zero attached hydrogens (tertiary/aromatic N) is 2. The van der Waals surface area contributed by atoms with Gasteiger partial charge in [0.25, 0.3) is 5.91 Å². The molecule has 0 aromatic heterocycles. The Morgan fingerprint density at radius 3 is 2.51 bits per heavy atom. The molecule has 2 atom stereocenters. The van der Waals surface area contributed by atoms with Gasteiger partial charge in [-0.3, -0.25) is 28.9 Å². The van der Waals surface area contributed by atoms with Crippen molar-refractivity contribution in [1.82, 2.24) is 25.8 Å². The largest absolute Gasteiger partial charge is 0.491 e. The molecule has 2 aromatic carbocycles. The highest BCUT2D eigenvalue weighted by atomic mass is 16.5. The summed E-state index contributed by atoms with van der Waals surface area (Å²) in [6.45, 7) is 4.37. The molecule has 1 saturated heterocycles. The number of amides is 5. The SMILES string of the molecule is CN1CCOc2ccccc2C(=O)N[C@H](C(=O)NCc2cccc(CN3CCOCC3)c2)CCC(=O)N[C@@H](CCC(N)=O)C1=O. The summed E-state index contributed by atoms with van der Waals surface area (Å²) < 4.78 is 11.3. The van der Waals surface area contributed by atoms with Gasteiger partial charge in [-0.05, 0) is 36.1 Å². The highest BCUT2D eigenvalue weighted by Crippen LogP contribution is 2.19. The van der Waals surface area contributed by atoms with Crippen LogP contribution in [-0.4, -0.2) is 97.9 Å². The van der Waals surface area contributed by atoms with E-state index in [9.17, 15) is 24.0 Å². The molecule has 0 aliphatic carbocycles. The Morgan fingerprint density at radius 1 is 0.978 bits per heavy atom. The molecule has 2 aromatic rings. The molecular formula is C32H42N6O7. The van der Waals surface area contributed by atoms with Crippen molar-refractivity contribution < 1.29 is 33.4 Å². The van der Waals surface area contributed by atoms with Gasteiger partial charge in [-0.25, -0.2) is 0 Å². The van der Waals surface area contributed by atoms with Crippen molar-refractivity contribution in [2.75, 3.05) is 46.5 Å². The predicted molar refractivity (Wildman–Crippen MR) is 165 cm³/mol. The number of fused-ring (bicyclic) bond motifs is 1. The van der Waals surface area contributed by atoms with Crippen molar-refractivity contribution in [3.63, 3.8) is 0 Å². The third-order valence-electron chi connectivity index (χ3n) is 7.75. The minimum atomic E-state index is -1.06. The van der Waals surface area contributed by atoms with E-state index >= 15 is 0 Å². The number of likely N-dealkylation sites (N-methyl/N-ethyl adjacent to an activating group) is 1. The van der Waals surface area contributed by atoms with E-state index in [1.54, 1.807) is 31.3 Å². The van der Waals surface area contributed by atoms with Gasteiger partial charge in [0, 0.05) is 46.1 Å². The number of carbonyl (C=O) groups excluding carboxylic acids is 5. The third-order valence-corrected chi connectivity index (χ3v) is 7.75. The molecule has 0 radical (unpaired) electrons. The van der Waals surface area contributed by atoms with Gasteiger partial charge in [-0.15, -0.1) is 0 Å². The summed E-state index contributed by atoms with van der Waals surface area (Å²) >= 11 is 0. The van der Waals surface area contributed by atoms with Crippen LogP contribution in [0.4, 0.5) is 0 Å². The smallest absolute Gasteiger partial charge is 0.255 e. The van der Waals surface area contributed by atoms with Crippen LogP contribution in [0.25, 0.3) is 0 Å². The second-order valence-corrected chi connectivity index (χ2v) is 11.2. The summed E-state index contributed by atoms with van der Waals surface area (Å²) in [6, 6.07) is 12.5. The number of primary amides is 1. The molecule has 5 N–H and O–H groups in total. The molecule has 0 spiro atoms. The van der Waals surface area contributed by atoms with Gasteiger partial charge in [-0.1, -0.05) is 36.4 Å². The number of morpholine rings is 1. The van der Waals surface area contributed by atoms with Gasteiger partial charge < -0.3 is 36.1 Å². The summed E-state index contributed by atoms with van der Waals surface area (Å²) in [5.74, 6) is -2.20. The maximum Gasteiger partial charge on any atom is 0.255 e. The van der Waals surface area contributed by atoms with Crippen LogP contribution in [0.3, 0.4) is 0 Å². The van der Waals surface area contributed by atoms with E-state index in [4.69, 9.17) is 15.2 Å². The number of hydrogen-bond donors (Lipinski definition) is 4. The first kappa shape index (κ1) is 33.4. The monoisotopic (exact) mass is 622 g/mol. The molecular weight excluding hydrogens is 580 g/mol. The number of hydrogen-bond acceptors (Lipinski definition) is 8. The van der Waals surface area contributed by atoms with Gasteiger partial charge >= 0.3 is 0 Å². The van der Waals surface area contributed by atoms with Crippen LogP contribution >= 0.6 is 0 Å². The van der Waals surface area contributed by atoms with Crippen molar-refractivity contribution in [1.29, 1.82) is 0 Å². The van der Waals surface area contributed by atoms with Crippen molar-refractivity contribution in [3.8, 4) is 5.75 Å². The Morgan fingerprint density at radius 2 is 1.73 bits per heavy atom. The van der Waals surface area contributed by atoms with Crippen LogP contribution in [0, 0.1) is 0 Å². The van der Waals surface area contributed by atoms with Crippen LogP contribution in [0.15, 0.2) is 48.5 Å². The van der Waals surface area contributed by atoms with E-state index in [0.717, 1.165) is 30.8 Å². The Hall–Kier alpha value is -4.49. The molecule has 2 aliphatic rings. The van der Waals surface area contributed by atoms with Gasteiger partial charge in [0.15, 0.2) is 0 Å². The minimum Gasteiger partial charge on any atom is -0.491 e. The van der Waals surface area contributed by atoms with Gasteiger partial charge in [0.1, 0.15) is 24.4 Å². The number of ether oxygens (including phenoxy) is 2. The van der Waals surface area contributed by atoms with Gasteiger partial charge in [0.2, 0.25) is 23.6 Å². The Balaban J connectivity index is 1.48. The van der Waals surface area contributed by atoms with Crippen LogP contribution in [0.5, 0.6) is 5.75 Å². The van der Waals surface area contributed by atoms with E-state index in [1.165, 1.54) is 4.90 Å². The van der Waals surface area contributed by atoms with Crippen molar-refractivity contribution in [3.05, 3.63) is 65.2 Å². The summed E-state index contributed by atoms with van der Waals surface area (Å²) in [7, 11) is 1.56. The molecule has 2 aliphatic heterocycles. The lowest BCUT2D eigenvalue weighted by molar-refractivity contribution is -0.136. The zero-order chi connectivity index (χ0) is 32.2. The van der Waals surface area contributed by atoms with Crippen LogP contribution < -0.4 is 26.4 Å². The van der Waals surface area contributed by atoms with Gasteiger partial charge in [0.05, 0.1) is 25.3 Å². The number of benzene rings is 2. The number of nitrogens with one attached hydrogen (secondary N) is 3. The van der Waals surface area contributed by atoms with E-state index in [2.05, 4.69) is 20.9 Å². The Labute approximate surface area is 262 Å². The lowest BCUT2D eigenvalue weighted by atomic mass is 10.1. The molecule has 13 nitrogen and oxygen atoms in total. The Kier molecular flexibility index (Phi) is 12.3. The molecule has 5 amide bonds. The molecule has 1 fully saturated rings. The number of nitrogens with two attached hydrogens (primary N) is 1. The first-order valence-electron chi connectivity index (χ1n) is 15.2. The molecule has 4 rings (SSSR count). The van der Waals surface area contributed by atoms with E-state index in [0.29, 0.717) is 19.0 Å². The summed E-state index contributed by atoms with van der Waals surface area (Å²) in [6.07, 6.45) is -0.256. The second-order valence-electron chi connectivity index (χ2n) is 11.2. The summed E-state index contributed by atoms with van der Waals surface area (Å²) in [4.78, 5) is 68.0. The topological polar surface area (TPSA) is 172 Å². The highest BCUT2D eigenvalue weighted by Gasteiger charge is 2.28. The van der Waals surface area contributed by atoms with Crippen LogP contribution in [0.2, 0.25) is 0 Å². The molecule has 0 saturated carbocycles. The second kappa shape index (κ2) is 16.5. The maximum atomic E-state index is 13.4. The highest BCUT2D eigenvalue weighted by molar-refractivity contribution is 5.99. The first-order chi connectivity index (χ1) is 21.7. The summed E-state index contributed by atoms with van der Waals surface area (Å²) in [5.41, 5.74) is 7.53. The fraction of sp³-hybridized carbons (Fsp3) is 0.469. The lowest BCUT2D eigenvalue weighted by Gasteiger charge is -2.26. The molecule has 13 heteroatoms. The molecule has 2 heterocycles. The van der Waals surface area contributed by atoms with Crippen LogP contribution in [-0.2, 0) is 37.0 Å². The van der Waals surface area contributed by atoms with Crippen LogP contribution in [0.1, 0.15) is 47.2 Å². The van der Waals surface area contributed by atoms with Crippen molar-refractivity contribution in [2.45, 2.75) is 50.9 Å². The summed E-state index contributed by atoms with van der Waals surface area (Å²) in [5, 5.41) is 8.33. The Bertz CT molecular complexity index is 1360. The normalized spacial score (nSPS) is 20.5. The van der Waals surface area contributed by atoms with Crippen molar-refractivity contribution >= 4 is 29.5 Å². The third kappa shape index (κ3) is 10.3. The van der Waals surface area contributed by atoms with Crippen molar-refractivity contribution in [2.24, 2.45) is 5.73 Å². The number of carbonyl (C=O) groups is 5. The number of para-hydroxylation sites is 1. The maximum absolute atomic E-state index is 13.4. The average molecular weight is 623 g/mol. The molecule has 45 heavy (non-hydrogen) atoms.